The number of ether oxygens (including phenoxy) is 1. The molecule has 5 nitrogen and oxygen atoms in total. The highest BCUT2D eigenvalue weighted by atomic mass is 127. The highest BCUT2D eigenvalue weighted by Crippen LogP contribution is 2.22. The maximum Gasteiger partial charge on any atom is 0.326 e. The van der Waals surface area contributed by atoms with E-state index in [9.17, 15) is 4.79 Å². The average Bonchev–Trinajstić information content (AvgIpc) is 2.76. The molecule has 1 aromatic rings. The molecule has 0 amide bonds. The third kappa shape index (κ3) is 4.45. The number of aromatic nitrogens is 2. The zero-order valence-electron chi connectivity index (χ0n) is 11.9. The molecule has 1 N–H and O–H groups in total. The van der Waals surface area contributed by atoms with Crippen molar-refractivity contribution in [2.24, 2.45) is 0 Å². The number of nitrogens with zero attached hydrogens (tertiary/aromatic N) is 2. The van der Waals surface area contributed by atoms with Gasteiger partial charge in [0.1, 0.15) is 5.54 Å². The van der Waals surface area contributed by atoms with E-state index in [1.54, 1.807) is 0 Å². The number of likely N-dealkylation sites (N-methyl/N-ethyl adjacent to an activating group) is 1. The predicted octanol–water partition coefficient (Wildman–Crippen LogP) is 2.37. The van der Waals surface area contributed by atoms with Crippen molar-refractivity contribution in [3.8, 4) is 0 Å². The standard InChI is InChI=1S/C13H22IN3O2/c1-5-15-13(4,12(18)19-6-2)7-10(3)17-9-11(14)8-16-17/h8-10,15H,5-7H2,1-4H3. The quantitative estimate of drug-likeness (QED) is 0.584. The molecule has 0 radical (unpaired) electrons. The lowest BCUT2D eigenvalue weighted by molar-refractivity contribution is -0.151. The van der Waals surface area contributed by atoms with Gasteiger partial charge in [-0.2, -0.15) is 5.10 Å². The van der Waals surface area contributed by atoms with Crippen molar-refractivity contribution in [2.75, 3.05) is 13.2 Å². The number of rotatable bonds is 7. The topological polar surface area (TPSA) is 56.2 Å². The molecule has 6 heteroatoms. The van der Waals surface area contributed by atoms with Gasteiger partial charge in [-0.3, -0.25) is 9.48 Å². The van der Waals surface area contributed by atoms with Gasteiger partial charge in [-0.05, 0) is 56.3 Å². The van der Waals surface area contributed by atoms with Gasteiger partial charge in [0, 0.05) is 6.20 Å². The summed E-state index contributed by atoms with van der Waals surface area (Å²) in [4.78, 5) is 12.1. The zero-order valence-corrected chi connectivity index (χ0v) is 14.1. The lowest BCUT2D eigenvalue weighted by Gasteiger charge is -2.30. The molecule has 0 aromatic carbocycles. The highest BCUT2D eigenvalue weighted by Gasteiger charge is 2.35. The summed E-state index contributed by atoms with van der Waals surface area (Å²) in [6, 6.07) is 0.122. The van der Waals surface area contributed by atoms with Crippen LogP contribution in [0.4, 0.5) is 0 Å². The van der Waals surface area contributed by atoms with E-state index >= 15 is 0 Å². The summed E-state index contributed by atoms with van der Waals surface area (Å²) in [5.41, 5.74) is -0.679. The second-order valence-electron chi connectivity index (χ2n) is 4.77. The molecular formula is C13H22IN3O2. The first kappa shape index (κ1) is 16.4. The van der Waals surface area contributed by atoms with Gasteiger partial charge in [0.2, 0.25) is 0 Å². The van der Waals surface area contributed by atoms with Crippen molar-refractivity contribution in [2.45, 2.75) is 45.7 Å². The molecule has 0 saturated heterocycles. The van der Waals surface area contributed by atoms with Crippen LogP contribution in [0.1, 0.15) is 40.2 Å². The second kappa shape index (κ2) is 7.23. The smallest absolute Gasteiger partial charge is 0.326 e. The Morgan fingerprint density at radius 2 is 2.32 bits per heavy atom. The Kier molecular flexibility index (Phi) is 6.25. The van der Waals surface area contributed by atoms with Gasteiger partial charge in [-0.25, -0.2) is 0 Å². The third-order valence-corrected chi connectivity index (χ3v) is 3.58. The van der Waals surface area contributed by atoms with E-state index in [-0.39, 0.29) is 12.0 Å². The SMILES string of the molecule is CCNC(C)(CC(C)n1cc(I)cn1)C(=O)OCC. The fourth-order valence-corrected chi connectivity index (χ4v) is 2.56. The van der Waals surface area contributed by atoms with Crippen LogP contribution in [-0.2, 0) is 9.53 Å². The molecular weight excluding hydrogens is 357 g/mol. The Bertz CT molecular complexity index is 422. The third-order valence-electron chi connectivity index (χ3n) is 3.02. The molecule has 0 aliphatic rings. The predicted molar refractivity (Wildman–Crippen MR) is 83.0 cm³/mol. The van der Waals surface area contributed by atoms with E-state index in [0.29, 0.717) is 13.0 Å². The van der Waals surface area contributed by atoms with E-state index < -0.39 is 5.54 Å². The van der Waals surface area contributed by atoms with Crippen LogP contribution in [0.2, 0.25) is 0 Å². The van der Waals surface area contributed by atoms with E-state index in [1.807, 2.05) is 37.8 Å². The molecule has 108 valence electrons. The molecule has 0 fully saturated rings. The molecule has 0 bridgehead atoms. The summed E-state index contributed by atoms with van der Waals surface area (Å²) in [6.45, 7) is 8.87. The number of hydrogen-bond acceptors (Lipinski definition) is 4. The van der Waals surface area contributed by atoms with E-state index in [0.717, 1.165) is 10.1 Å². The summed E-state index contributed by atoms with van der Waals surface area (Å²) < 4.78 is 8.14. The van der Waals surface area contributed by atoms with Gasteiger partial charge in [0.05, 0.1) is 22.4 Å². The summed E-state index contributed by atoms with van der Waals surface area (Å²) >= 11 is 2.22. The average molecular weight is 379 g/mol. The molecule has 1 rings (SSSR count). The Labute approximate surface area is 128 Å². The molecule has 0 aliphatic carbocycles. The first-order chi connectivity index (χ1) is 8.92. The normalized spacial score (nSPS) is 15.8. The fourth-order valence-electron chi connectivity index (χ4n) is 2.15. The molecule has 0 saturated carbocycles. The Morgan fingerprint density at radius 3 is 2.79 bits per heavy atom. The minimum atomic E-state index is -0.679. The monoisotopic (exact) mass is 379 g/mol. The van der Waals surface area contributed by atoms with Crippen LogP contribution in [0.15, 0.2) is 12.4 Å². The van der Waals surface area contributed by atoms with Crippen molar-refractivity contribution in [3.63, 3.8) is 0 Å². The molecule has 1 heterocycles. The number of hydrogen-bond donors (Lipinski definition) is 1. The zero-order chi connectivity index (χ0) is 14.5. The van der Waals surface area contributed by atoms with Gasteiger partial charge in [-0.1, -0.05) is 6.92 Å². The van der Waals surface area contributed by atoms with Crippen molar-refractivity contribution in [1.82, 2.24) is 15.1 Å². The van der Waals surface area contributed by atoms with Gasteiger partial charge in [0.25, 0.3) is 0 Å². The molecule has 2 unspecified atom stereocenters. The van der Waals surface area contributed by atoms with Gasteiger partial charge < -0.3 is 10.1 Å². The molecule has 0 aliphatic heterocycles. The molecule has 2 atom stereocenters. The van der Waals surface area contributed by atoms with Crippen LogP contribution >= 0.6 is 22.6 Å². The van der Waals surface area contributed by atoms with Crippen LogP contribution < -0.4 is 5.32 Å². The van der Waals surface area contributed by atoms with Gasteiger partial charge in [0.15, 0.2) is 0 Å². The van der Waals surface area contributed by atoms with Crippen LogP contribution in [0.25, 0.3) is 0 Å². The van der Waals surface area contributed by atoms with Gasteiger partial charge >= 0.3 is 5.97 Å². The van der Waals surface area contributed by atoms with Crippen LogP contribution in [0.5, 0.6) is 0 Å². The first-order valence-corrected chi connectivity index (χ1v) is 7.62. The maximum absolute atomic E-state index is 12.1. The van der Waals surface area contributed by atoms with Crippen LogP contribution in [0, 0.1) is 3.57 Å². The number of esters is 1. The number of carbonyl (C=O) groups excluding carboxylic acids is 1. The fraction of sp³-hybridized carbons (Fsp3) is 0.692. The van der Waals surface area contributed by atoms with Crippen LogP contribution in [0.3, 0.4) is 0 Å². The summed E-state index contributed by atoms with van der Waals surface area (Å²) in [7, 11) is 0. The van der Waals surface area contributed by atoms with Crippen LogP contribution in [-0.4, -0.2) is 34.4 Å². The number of nitrogens with one attached hydrogen (secondary N) is 1. The van der Waals surface area contributed by atoms with E-state index in [4.69, 9.17) is 4.74 Å². The molecule has 19 heavy (non-hydrogen) atoms. The Balaban J connectivity index is 2.80. The lowest BCUT2D eigenvalue weighted by atomic mass is 9.93. The maximum atomic E-state index is 12.1. The largest absolute Gasteiger partial charge is 0.465 e. The van der Waals surface area contributed by atoms with E-state index in [2.05, 4.69) is 39.9 Å². The second-order valence-corrected chi connectivity index (χ2v) is 6.02. The van der Waals surface area contributed by atoms with E-state index in [1.165, 1.54) is 0 Å². The van der Waals surface area contributed by atoms with Crippen molar-refractivity contribution in [1.29, 1.82) is 0 Å². The number of halogens is 1. The Hall–Kier alpha value is -0.630. The highest BCUT2D eigenvalue weighted by molar-refractivity contribution is 14.1. The summed E-state index contributed by atoms with van der Waals surface area (Å²) in [5, 5.41) is 7.53. The first-order valence-electron chi connectivity index (χ1n) is 6.54. The van der Waals surface area contributed by atoms with Crippen molar-refractivity contribution >= 4 is 28.6 Å². The summed E-state index contributed by atoms with van der Waals surface area (Å²) in [6.07, 6.45) is 4.42. The summed E-state index contributed by atoms with van der Waals surface area (Å²) in [5.74, 6) is -0.203. The van der Waals surface area contributed by atoms with Gasteiger partial charge in [-0.15, -0.1) is 0 Å². The number of carbonyl (C=O) groups is 1. The van der Waals surface area contributed by atoms with Crippen molar-refractivity contribution < 1.29 is 9.53 Å². The molecule has 0 spiro atoms. The minimum Gasteiger partial charge on any atom is -0.465 e. The minimum absolute atomic E-state index is 0.122. The van der Waals surface area contributed by atoms with Crippen molar-refractivity contribution in [3.05, 3.63) is 16.0 Å². The lowest BCUT2D eigenvalue weighted by Crippen LogP contribution is -2.51. The molecule has 1 aromatic heterocycles. The Morgan fingerprint density at radius 1 is 1.63 bits per heavy atom.